The van der Waals surface area contributed by atoms with Gasteiger partial charge in [-0.05, 0) is 7.05 Å². The Bertz CT molecular complexity index is 130. The number of likely N-dealkylation sites (tertiary alicyclic amines) is 1. The zero-order chi connectivity index (χ0) is 7.72. The largest absolute Gasteiger partial charge is 0.305 e. The van der Waals surface area contributed by atoms with Crippen LogP contribution in [-0.4, -0.2) is 30.8 Å². The summed E-state index contributed by atoms with van der Waals surface area (Å²) in [5, 5.41) is 0. The SMILES string of the molecule is C[C@@H]1CN(C)C[C@@H](C)C1=O. The van der Waals surface area contributed by atoms with E-state index in [0.29, 0.717) is 5.78 Å². The van der Waals surface area contributed by atoms with Gasteiger partial charge in [0.05, 0.1) is 0 Å². The van der Waals surface area contributed by atoms with Crippen LogP contribution in [0.1, 0.15) is 13.8 Å². The molecule has 58 valence electrons. The molecule has 10 heavy (non-hydrogen) atoms. The summed E-state index contributed by atoms with van der Waals surface area (Å²) in [6.45, 7) is 5.88. The molecule has 0 radical (unpaired) electrons. The molecule has 0 saturated carbocycles. The van der Waals surface area contributed by atoms with Crippen molar-refractivity contribution in [3.8, 4) is 0 Å². The second-order valence-corrected chi connectivity index (χ2v) is 3.43. The van der Waals surface area contributed by atoms with E-state index in [1.54, 1.807) is 0 Å². The van der Waals surface area contributed by atoms with Gasteiger partial charge in [0.2, 0.25) is 0 Å². The minimum atomic E-state index is 0.244. The van der Waals surface area contributed by atoms with Crippen LogP contribution in [0, 0.1) is 11.8 Å². The van der Waals surface area contributed by atoms with Gasteiger partial charge in [0.15, 0.2) is 0 Å². The molecule has 1 rings (SSSR count). The molecule has 1 aliphatic rings. The zero-order valence-corrected chi connectivity index (χ0v) is 6.92. The molecule has 0 unspecified atom stereocenters. The van der Waals surface area contributed by atoms with Gasteiger partial charge < -0.3 is 4.90 Å². The first kappa shape index (κ1) is 7.73. The molecule has 2 nitrogen and oxygen atoms in total. The molecule has 1 aliphatic heterocycles. The van der Waals surface area contributed by atoms with Crippen molar-refractivity contribution in [3.05, 3.63) is 0 Å². The summed E-state index contributed by atoms with van der Waals surface area (Å²) in [6.07, 6.45) is 0. The zero-order valence-electron chi connectivity index (χ0n) is 6.92. The van der Waals surface area contributed by atoms with Crippen molar-refractivity contribution in [2.24, 2.45) is 11.8 Å². The number of carbonyl (C=O) groups excluding carboxylic acids is 1. The molecule has 0 aromatic rings. The Hall–Kier alpha value is -0.370. The normalized spacial score (nSPS) is 36.5. The summed E-state index contributed by atoms with van der Waals surface area (Å²) in [5.41, 5.74) is 0. The van der Waals surface area contributed by atoms with Crippen LogP contribution in [0.2, 0.25) is 0 Å². The monoisotopic (exact) mass is 141 g/mol. The Labute approximate surface area is 62.2 Å². The summed E-state index contributed by atoms with van der Waals surface area (Å²) in [4.78, 5) is 13.5. The first-order valence-corrected chi connectivity index (χ1v) is 3.83. The molecule has 0 bridgehead atoms. The second-order valence-electron chi connectivity index (χ2n) is 3.43. The van der Waals surface area contributed by atoms with E-state index in [4.69, 9.17) is 0 Å². The minimum Gasteiger partial charge on any atom is -0.305 e. The van der Waals surface area contributed by atoms with Gasteiger partial charge >= 0.3 is 0 Å². The van der Waals surface area contributed by atoms with E-state index in [1.165, 1.54) is 0 Å². The summed E-state index contributed by atoms with van der Waals surface area (Å²) in [6, 6.07) is 0. The highest BCUT2D eigenvalue weighted by molar-refractivity contribution is 5.83. The third kappa shape index (κ3) is 1.37. The molecule has 0 spiro atoms. The number of hydrogen-bond donors (Lipinski definition) is 0. The Balaban J connectivity index is 2.57. The van der Waals surface area contributed by atoms with Crippen LogP contribution in [0.4, 0.5) is 0 Å². The van der Waals surface area contributed by atoms with Crippen LogP contribution in [0.25, 0.3) is 0 Å². The average Bonchev–Trinajstić information content (AvgIpc) is 1.82. The summed E-state index contributed by atoms with van der Waals surface area (Å²) < 4.78 is 0. The lowest BCUT2D eigenvalue weighted by molar-refractivity contribution is -0.129. The predicted molar refractivity (Wildman–Crippen MR) is 40.8 cm³/mol. The lowest BCUT2D eigenvalue weighted by atomic mass is 9.91. The molecule has 0 amide bonds. The van der Waals surface area contributed by atoms with Crippen LogP contribution in [-0.2, 0) is 4.79 Å². The van der Waals surface area contributed by atoms with E-state index in [-0.39, 0.29) is 11.8 Å². The van der Waals surface area contributed by atoms with Crippen molar-refractivity contribution in [1.82, 2.24) is 4.90 Å². The van der Waals surface area contributed by atoms with Crippen molar-refractivity contribution < 1.29 is 4.79 Å². The van der Waals surface area contributed by atoms with Gasteiger partial charge in [-0.3, -0.25) is 4.79 Å². The Kier molecular flexibility index (Phi) is 2.09. The van der Waals surface area contributed by atoms with Gasteiger partial charge in [-0.1, -0.05) is 13.8 Å². The van der Waals surface area contributed by atoms with Gasteiger partial charge in [-0.25, -0.2) is 0 Å². The van der Waals surface area contributed by atoms with E-state index < -0.39 is 0 Å². The molecule has 0 aromatic carbocycles. The van der Waals surface area contributed by atoms with Crippen LogP contribution in [0.5, 0.6) is 0 Å². The summed E-state index contributed by atoms with van der Waals surface area (Å²) in [5.74, 6) is 0.917. The van der Waals surface area contributed by atoms with E-state index in [0.717, 1.165) is 13.1 Å². The number of carbonyl (C=O) groups is 1. The summed E-state index contributed by atoms with van der Waals surface area (Å²) in [7, 11) is 2.07. The highest BCUT2D eigenvalue weighted by Gasteiger charge is 2.27. The van der Waals surface area contributed by atoms with Crippen molar-refractivity contribution >= 4 is 5.78 Å². The first-order valence-electron chi connectivity index (χ1n) is 3.83. The van der Waals surface area contributed by atoms with E-state index >= 15 is 0 Å². The maximum absolute atomic E-state index is 11.2. The summed E-state index contributed by atoms with van der Waals surface area (Å²) >= 11 is 0. The number of nitrogens with zero attached hydrogens (tertiary/aromatic N) is 1. The highest BCUT2D eigenvalue weighted by Crippen LogP contribution is 2.15. The number of piperidine rings is 1. The molecule has 0 N–H and O–H groups in total. The fourth-order valence-corrected chi connectivity index (χ4v) is 1.68. The van der Waals surface area contributed by atoms with Crippen LogP contribution < -0.4 is 0 Å². The average molecular weight is 141 g/mol. The van der Waals surface area contributed by atoms with Crippen LogP contribution >= 0.6 is 0 Å². The molecule has 1 fully saturated rings. The van der Waals surface area contributed by atoms with Crippen LogP contribution in [0.15, 0.2) is 0 Å². The minimum absolute atomic E-state index is 0.244. The molecule has 2 atom stereocenters. The van der Waals surface area contributed by atoms with Crippen molar-refractivity contribution in [1.29, 1.82) is 0 Å². The molecular formula is C8H15NO. The Morgan fingerprint density at radius 2 is 1.70 bits per heavy atom. The van der Waals surface area contributed by atoms with Crippen molar-refractivity contribution in [2.45, 2.75) is 13.8 Å². The van der Waals surface area contributed by atoms with Gasteiger partial charge in [-0.15, -0.1) is 0 Å². The first-order chi connectivity index (χ1) is 4.61. The van der Waals surface area contributed by atoms with E-state index in [1.807, 2.05) is 13.8 Å². The van der Waals surface area contributed by atoms with E-state index in [9.17, 15) is 4.79 Å². The standard InChI is InChI=1S/C8H15NO/c1-6-4-9(3)5-7(2)8(6)10/h6-7H,4-5H2,1-3H3/t6-,7-/m1/s1. The molecule has 0 aliphatic carbocycles. The molecule has 1 heterocycles. The van der Waals surface area contributed by atoms with E-state index in [2.05, 4.69) is 11.9 Å². The van der Waals surface area contributed by atoms with Gasteiger partial charge in [0.1, 0.15) is 5.78 Å². The van der Waals surface area contributed by atoms with Gasteiger partial charge in [-0.2, -0.15) is 0 Å². The fourth-order valence-electron chi connectivity index (χ4n) is 1.68. The number of hydrogen-bond acceptors (Lipinski definition) is 2. The second kappa shape index (κ2) is 2.70. The molecular weight excluding hydrogens is 126 g/mol. The number of rotatable bonds is 0. The van der Waals surface area contributed by atoms with Crippen LogP contribution in [0.3, 0.4) is 0 Å². The Morgan fingerprint density at radius 1 is 1.30 bits per heavy atom. The smallest absolute Gasteiger partial charge is 0.141 e. The number of Topliss-reactive ketones (excluding diaryl/α,β-unsaturated/α-hetero) is 1. The predicted octanol–water partition coefficient (Wildman–Crippen LogP) is 0.773. The highest BCUT2D eigenvalue weighted by atomic mass is 16.1. The Morgan fingerprint density at radius 3 is 2.10 bits per heavy atom. The van der Waals surface area contributed by atoms with Gasteiger partial charge in [0.25, 0.3) is 0 Å². The van der Waals surface area contributed by atoms with Crippen molar-refractivity contribution in [3.63, 3.8) is 0 Å². The molecule has 2 heteroatoms. The fraction of sp³-hybridized carbons (Fsp3) is 0.875. The van der Waals surface area contributed by atoms with Crippen molar-refractivity contribution in [2.75, 3.05) is 20.1 Å². The third-order valence-electron chi connectivity index (χ3n) is 2.14. The molecule has 1 saturated heterocycles. The maximum atomic E-state index is 11.2. The lowest BCUT2D eigenvalue weighted by Gasteiger charge is -2.30. The lowest BCUT2D eigenvalue weighted by Crippen LogP contribution is -2.42. The maximum Gasteiger partial charge on any atom is 0.141 e. The topological polar surface area (TPSA) is 20.3 Å². The number of ketones is 1. The molecule has 0 aromatic heterocycles. The quantitative estimate of drug-likeness (QED) is 0.496. The third-order valence-corrected chi connectivity index (χ3v) is 2.14. The van der Waals surface area contributed by atoms with Gasteiger partial charge in [0, 0.05) is 24.9 Å².